The first-order valence-electron chi connectivity index (χ1n) is 4.70. The third-order valence-corrected chi connectivity index (χ3v) is 3.13. The lowest BCUT2D eigenvalue weighted by Gasteiger charge is -2.13. The fourth-order valence-electron chi connectivity index (χ4n) is 1.35. The number of nitrogens with one attached hydrogen (secondary N) is 2. The molecule has 7 heteroatoms. The van der Waals surface area contributed by atoms with Crippen LogP contribution in [0.4, 0.5) is 4.39 Å². The molecule has 0 radical (unpaired) electrons. The van der Waals surface area contributed by atoms with E-state index in [-0.39, 0.29) is 18.7 Å². The number of halogens is 1. The van der Waals surface area contributed by atoms with Crippen molar-refractivity contribution in [2.24, 2.45) is 0 Å². The second kappa shape index (κ2) is 4.89. The van der Waals surface area contributed by atoms with E-state index in [4.69, 9.17) is 0 Å². The molecule has 0 saturated carbocycles. The number of carbonyl (C=O) groups is 1. The van der Waals surface area contributed by atoms with Crippen LogP contribution in [-0.2, 0) is 14.6 Å². The molecule has 0 aromatic heterocycles. The van der Waals surface area contributed by atoms with Crippen molar-refractivity contribution in [2.45, 2.75) is 18.6 Å². The van der Waals surface area contributed by atoms with Crippen LogP contribution < -0.4 is 10.6 Å². The van der Waals surface area contributed by atoms with Crippen molar-refractivity contribution in [2.75, 3.05) is 25.1 Å². The number of hydrogen-bond acceptors (Lipinski definition) is 4. The highest BCUT2D eigenvalue weighted by molar-refractivity contribution is 7.90. The third kappa shape index (κ3) is 4.57. The molecule has 5 nitrogen and oxygen atoms in total. The summed E-state index contributed by atoms with van der Waals surface area (Å²) in [6.45, 7) is 0.628. The van der Waals surface area contributed by atoms with Gasteiger partial charge in [-0.2, -0.15) is 0 Å². The van der Waals surface area contributed by atoms with Gasteiger partial charge in [0.1, 0.15) is 16.0 Å². The summed E-state index contributed by atoms with van der Waals surface area (Å²) in [5, 5.41) is 5.25. The number of alkyl halides is 1. The molecule has 1 aliphatic heterocycles. The van der Waals surface area contributed by atoms with Gasteiger partial charge in [0.15, 0.2) is 0 Å². The van der Waals surface area contributed by atoms with Gasteiger partial charge in [-0.15, -0.1) is 0 Å². The Morgan fingerprint density at radius 1 is 1.53 bits per heavy atom. The van der Waals surface area contributed by atoms with Crippen molar-refractivity contribution in [3.8, 4) is 0 Å². The van der Waals surface area contributed by atoms with Crippen molar-refractivity contribution in [3.05, 3.63) is 0 Å². The molecule has 0 aliphatic carbocycles. The number of carbonyl (C=O) groups excluding carboxylic acids is 1. The minimum atomic E-state index is -3.14. The Labute approximate surface area is 88.3 Å². The largest absolute Gasteiger partial charge is 0.349 e. The van der Waals surface area contributed by atoms with Crippen LogP contribution >= 0.6 is 0 Å². The van der Waals surface area contributed by atoms with E-state index < -0.39 is 28.0 Å². The van der Waals surface area contributed by atoms with Gasteiger partial charge in [0.05, 0.1) is 11.8 Å². The van der Waals surface area contributed by atoms with Gasteiger partial charge in [-0.1, -0.05) is 0 Å². The number of sulfone groups is 1. The zero-order valence-corrected chi connectivity index (χ0v) is 9.31. The first kappa shape index (κ1) is 12.4. The predicted octanol–water partition coefficient (Wildman–Crippen LogP) is -1.15. The highest BCUT2D eigenvalue weighted by Gasteiger charge is 2.27. The van der Waals surface area contributed by atoms with E-state index in [1.807, 2.05) is 0 Å². The monoisotopic (exact) mass is 238 g/mol. The molecule has 15 heavy (non-hydrogen) atoms. The van der Waals surface area contributed by atoms with Gasteiger partial charge in [0.25, 0.3) is 0 Å². The highest BCUT2D eigenvalue weighted by Crippen LogP contribution is 2.04. The topological polar surface area (TPSA) is 75.3 Å². The van der Waals surface area contributed by atoms with Crippen molar-refractivity contribution >= 4 is 15.7 Å². The molecule has 1 heterocycles. The van der Waals surface area contributed by atoms with Crippen LogP contribution in [0.2, 0.25) is 0 Å². The fourth-order valence-corrected chi connectivity index (χ4v) is 1.90. The van der Waals surface area contributed by atoms with E-state index in [1.165, 1.54) is 0 Å². The van der Waals surface area contributed by atoms with E-state index in [0.717, 1.165) is 6.26 Å². The maximum atomic E-state index is 13.0. The summed E-state index contributed by atoms with van der Waals surface area (Å²) < 4.78 is 34.6. The van der Waals surface area contributed by atoms with Crippen LogP contribution in [0.3, 0.4) is 0 Å². The van der Waals surface area contributed by atoms with Gasteiger partial charge in [0.2, 0.25) is 5.91 Å². The van der Waals surface area contributed by atoms with Gasteiger partial charge in [0, 0.05) is 25.8 Å². The molecule has 0 aromatic rings. The Bertz CT molecular complexity index is 331. The van der Waals surface area contributed by atoms with E-state index in [9.17, 15) is 17.6 Å². The number of hydrogen-bond donors (Lipinski definition) is 2. The van der Waals surface area contributed by atoms with Gasteiger partial charge in [-0.05, 0) is 0 Å². The summed E-state index contributed by atoms with van der Waals surface area (Å²) in [6.07, 6.45) is -0.135. The molecule has 1 amide bonds. The molecule has 2 atom stereocenters. The molecule has 1 rings (SSSR count). The molecule has 2 N–H and O–H groups in total. The van der Waals surface area contributed by atoms with Gasteiger partial charge in [-0.25, -0.2) is 12.8 Å². The first-order chi connectivity index (χ1) is 6.88. The lowest BCUT2D eigenvalue weighted by atomic mass is 10.2. The van der Waals surface area contributed by atoms with Crippen molar-refractivity contribution < 1.29 is 17.6 Å². The maximum Gasteiger partial charge on any atom is 0.221 e. The zero-order valence-electron chi connectivity index (χ0n) is 8.49. The zero-order chi connectivity index (χ0) is 11.5. The lowest BCUT2D eigenvalue weighted by Crippen LogP contribution is -2.41. The molecule has 1 aliphatic rings. The van der Waals surface area contributed by atoms with Crippen LogP contribution in [-0.4, -0.2) is 51.6 Å². The smallest absolute Gasteiger partial charge is 0.221 e. The predicted molar refractivity (Wildman–Crippen MR) is 54.0 cm³/mol. The van der Waals surface area contributed by atoms with Crippen LogP contribution in [0, 0.1) is 0 Å². The summed E-state index contributed by atoms with van der Waals surface area (Å²) in [4.78, 5) is 11.2. The third-order valence-electron chi connectivity index (χ3n) is 2.19. The van der Waals surface area contributed by atoms with Crippen molar-refractivity contribution in [3.63, 3.8) is 0 Å². The van der Waals surface area contributed by atoms with Gasteiger partial charge in [-0.3, -0.25) is 4.79 Å². The second-order valence-corrected chi connectivity index (χ2v) is 5.99. The van der Waals surface area contributed by atoms with Crippen molar-refractivity contribution in [1.82, 2.24) is 10.6 Å². The Morgan fingerprint density at radius 2 is 2.20 bits per heavy atom. The number of amides is 1. The molecular formula is C8H15FN2O3S. The molecule has 0 spiro atoms. The van der Waals surface area contributed by atoms with E-state index in [1.54, 1.807) is 0 Å². The normalized spacial score (nSPS) is 26.5. The van der Waals surface area contributed by atoms with Crippen molar-refractivity contribution in [1.29, 1.82) is 0 Å². The molecule has 0 aromatic carbocycles. The van der Waals surface area contributed by atoms with Crippen LogP contribution in [0.1, 0.15) is 6.42 Å². The summed E-state index contributed by atoms with van der Waals surface area (Å²) in [5.41, 5.74) is 0. The Morgan fingerprint density at radius 3 is 2.67 bits per heavy atom. The minimum absolute atomic E-state index is 0.109. The van der Waals surface area contributed by atoms with Crippen LogP contribution in [0.15, 0.2) is 0 Å². The SMILES string of the molecule is CS(=O)(=O)CCC(=O)NC1CNCC1F. The summed E-state index contributed by atoms with van der Waals surface area (Å²) in [7, 11) is -3.14. The van der Waals surface area contributed by atoms with Crippen LogP contribution in [0.25, 0.3) is 0 Å². The highest BCUT2D eigenvalue weighted by atomic mass is 32.2. The average Bonchev–Trinajstić information content (AvgIpc) is 2.47. The average molecular weight is 238 g/mol. The van der Waals surface area contributed by atoms with Gasteiger partial charge < -0.3 is 10.6 Å². The number of rotatable bonds is 4. The Balaban J connectivity index is 2.30. The standard InChI is InChI=1S/C8H15FN2O3S/c1-15(13,14)3-2-8(12)11-7-5-10-4-6(7)9/h6-7,10H,2-5H2,1H3,(H,11,12). The van der Waals surface area contributed by atoms with Gasteiger partial charge >= 0.3 is 0 Å². The Kier molecular flexibility index (Phi) is 4.04. The molecule has 2 unspecified atom stereocenters. The van der Waals surface area contributed by atoms with E-state index >= 15 is 0 Å². The first-order valence-corrected chi connectivity index (χ1v) is 6.76. The lowest BCUT2D eigenvalue weighted by molar-refractivity contribution is -0.121. The summed E-state index contributed by atoms with van der Waals surface area (Å²) >= 11 is 0. The second-order valence-electron chi connectivity index (χ2n) is 3.73. The molecule has 88 valence electrons. The molecular weight excluding hydrogens is 223 g/mol. The fraction of sp³-hybridized carbons (Fsp3) is 0.875. The van der Waals surface area contributed by atoms with E-state index in [0.29, 0.717) is 6.54 Å². The summed E-state index contributed by atoms with van der Waals surface area (Å²) in [6, 6.07) is -0.530. The van der Waals surface area contributed by atoms with E-state index in [2.05, 4.69) is 10.6 Å². The van der Waals surface area contributed by atoms with Crippen LogP contribution in [0.5, 0.6) is 0 Å². The molecule has 1 fully saturated rings. The Hall–Kier alpha value is -0.690. The minimum Gasteiger partial charge on any atom is -0.349 e. The molecule has 1 saturated heterocycles. The summed E-state index contributed by atoms with van der Waals surface area (Å²) in [5.74, 6) is -0.618. The maximum absolute atomic E-state index is 13.0. The molecule has 0 bridgehead atoms. The quantitative estimate of drug-likeness (QED) is 0.648.